The number of benzene rings is 2. The number of hydrogen-bond donors (Lipinski definition) is 1. The Morgan fingerprint density at radius 1 is 1.16 bits per heavy atom. The largest absolute Gasteiger partial charge is 0.496 e. The first-order chi connectivity index (χ1) is 14.9. The van der Waals surface area contributed by atoms with Crippen molar-refractivity contribution in [1.82, 2.24) is 5.32 Å². The van der Waals surface area contributed by atoms with Crippen molar-refractivity contribution in [3.8, 4) is 5.75 Å². The highest BCUT2D eigenvalue weighted by Gasteiger charge is 2.32. The van der Waals surface area contributed by atoms with E-state index in [0.717, 1.165) is 33.0 Å². The zero-order chi connectivity index (χ0) is 24.2. The maximum Gasteiger partial charge on any atom is 0.244 e. The minimum atomic E-state index is -3.73. The Bertz CT molecular complexity index is 1070. The fraction of sp³-hybridized carbons (Fsp3) is 0.458. The summed E-state index contributed by atoms with van der Waals surface area (Å²) in [6.45, 7) is 9.82. The van der Waals surface area contributed by atoms with Crippen molar-refractivity contribution in [1.29, 1.82) is 0 Å². The lowest BCUT2D eigenvalue weighted by molar-refractivity contribution is -0.122. The fourth-order valence-corrected chi connectivity index (χ4v) is 5.26. The first-order valence-electron chi connectivity index (χ1n) is 10.6. The molecule has 2 rings (SSSR count). The Morgan fingerprint density at radius 2 is 1.81 bits per heavy atom. The molecule has 0 saturated carbocycles. The lowest BCUT2D eigenvalue weighted by Crippen LogP contribution is -2.49. The summed E-state index contributed by atoms with van der Waals surface area (Å²) in [5.41, 5.74) is 3.36. The molecule has 0 aliphatic rings. The van der Waals surface area contributed by atoms with Crippen molar-refractivity contribution in [3.63, 3.8) is 0 Å². The van der Waals surface area contributed by atoms with Crippen LogP contribution in [0.5, 0.6) is 5.75 Å². The molecule has 0 fully saturated rings. The van der Waals surface area contributed by atoms with Crippen LogP contribution in [-0.4, -0.2) is 33.7 Å². The molecule has 0 bridgehead atoms. The van der Waals surface area contributed by atoms with E-state index in [2.05, 4.69) is 25.2 Å². The fourth-order valence-electron chi connectivity index (χ4n) is 3.87. The van der Waals surface area contributed by atoms with Crippen molar-refractivity contribution in [2.75, 3.05) is 17.7 Å². The molecular formula is C24H33ClN2O4S. The summed E-state index contributed by atoms with van der Waals surface area (Å²) in [6, 6.07) is 9.30. The number of anilines is 1. The minimum absolute atomic E-state index is 0.249. The number of sulfonamides is 1. The van der Waals surface area contributed by atoms with Gasteiger partial charge in [-0.25, -0.2) is 8.42 Å². The van der Waals surface area contributed by atoms with Gasteiger partial charge in [0.2, 0.25) is 15.9 Å². The molecule has 0 aliphatic heterocycles. The van der Waals surface area contributed by atoms with Crippen LogP contribution < -0.4 is 14.4 Å². The standard InChI is InChI=1S/C24H33ClN2O4S/c1-8-22(27(32(7,29)30)19-11-9-10-18(25)13-19)24(28)26-17(5)21-14-20(15(2)3)23(31-6)12-16(21)4/h9-15,17,22H,8H2,1-7H3,(H,26,28)/t17-,22-/m1/s1. The SMILES string of the molecule is CC[C@H](C(=O)N[C@H](C)c1cc(C(C)C)c(OC)cc1C)N(c1cccc(Cl)c1)S(C)(=O)=O. The second-order valence-electron chi connectivity index (χ2n) is 8.30. The molecule has 0 unspecified atom stereocenters. The minimum Gasteiger partial charge on any atom is -0.496 e. The van der Waals surface area contributed by atoms with E-state index >= 15 is 0 Å². The molecule has 176 valence electrons. The number of aryl methyl sites for hydroxylation is 1. The third-order valence-electron chi connectivity index (χ3n) is 5.46. The Hall–Kier alpha value is -2.25. The molecule has 2 atom stereocenters. The number of nitrogens with zero attached hydrogens (tertiary/aromatic N) is 1. The lowest BCUT2D eigenvalue weighted by atomic mass is 9.93. The quantitative estimate of drug-likeness (QED) is 0.535. The van der Waals surface area contributed by atoms with Gasteiger partial charge in [0, 0.05) is 5.02 Å². The molecule has 0 aromatic heterocycles. The number of hydrogen-bond acceptors (Lipinski definition) is 4. The maximum absolute atomic E-state index is 13.3. The van der Waals surface area contributed by atoms with Gasteiger partial charge >= 0.3 is 0 Å². The second-order valence-corrected chi connectivity index (χ2v) is 10.6. The van der Waals surface area contributed by atoms with Gasteiger partial charge in [-0.3, -0.25) is 9.10 Å². The summed E-state index contributed by atoms with van der Waals surface area (Å²) in [7, 11) is -2.08. The summed E-state index contributed by atoms with van der Waals surface area (Å²) in [4.78, 5) is 13.3. The number of amides is 1. The van der Waals surface area contributed by atoms with Gasteiger partial charge in [-0.1, -0.05) is 38.4 Å². The van der Waals surface area contributed by atoms with Crippen LogP contribution in [0.2, 0.25) is 5.02 Å². The summed E-state index contributed by atoms with van der Waals surface area (Å²) >= 11 is 6.08. The molecule has 6 nitrogen and oxygen atoms in total. The van der Waals surface area contributed by atoms with Crippen molar-refractivity contribution in [3.05, 3.63) is 58.1 Å². The molecule has 0 radical (unpaired) electrons. The van der Waals surface area contributed by atoms with E-state index in [1.165, 1.54) is 0 Å². The zero-order valence-electron chi connectivity index (χ0n) is 19.8. The monoisotopic (exact) mass is 480 g/mol. The van der Waals surface area contributed by atoms with E-state index in [-0.39, 0.29) is 17.9 Å². The number of carbonyl (C=O) groups is 1. The van der Waals surface area contributed by atoms with Gasteiger partial charge in [0.15, 0.2) is 0 Å². The van der Waals surface area contributed by atoms with Crippen LogP contribution in [0.25, 0.3) is 0 Å². The van der Waals surface area contributed by atoms with Gasteiger partial charge in [0.1, 0.15) is 11.8 Å². The smallest absolute Gasteiger partial charge is 0.244 e. The number of nitrogens with one attached hydrogen (secondary N) is 1. The van der Waals surface area contributed by atoms with Crippen LogP contribution in [0.4, 0.5) is 5.69 Å². The molecule has 8 heteroatoms. The highest BCUT2D eigenvalue weighted by Crippen LogP contribution is 2.32. The Kier molecular flexibility index (Phi) is 8.60. The van der Waals surface area contributed by atoms with Crippen LogP contribution in [0.3, 0.4) is 0 Å². The summed E-state index contributed by atoms with van der Waals surface area (Å²) in [5, 5.41) is 3.41. The van der Waals surface area contributed by atoms with Crippen LogP contribution >= 0.6 is 11.6 Å². The molecule has 2 aromatic carbocycles. The van der Waals surface area contributed by atoms with Gasteiger partial charge in [0.05, 0.1) is 25.1 Å². The molecule has 0 saturated heterocycles. The molecule has 0 spiro atoms. The molecule has 1 N–H and O–H groups in total. The predicted octanol–water partition coefficient (Wildman–Crippen LogP) is 5.20. The number of halogens is 1. The summed E-state index contributed by atoms with van der Waals surface area (Å²) in [5.74, 6) is 0.696. The number of carbonyl (C=O) groups excluding carboxylic acids is 1. The molecular weight excluding hydrogens is 448 g/mol. The Balaban J connectivity index is 2.39. The average molecular weight is 481 g/mol. The highest BCUT2D eigenvalue weighted by atomic mass is 35.5. The lowest BCUT2D eigenvalue weighted by Gasteiger charge is -2.31. The number of rotatable bonds is 9. The third-order valence-corrected chi connectivity index (χ3v) is 6.87. The van der Waals surface area contributed by atoms with E-state index in [9.17, 15) is 13.2 Å². The van der Waals surface area contributed by atoms with E-state index in [0.29, 0.717) is 17.1 Å². The first kappa shape index (κ1) is 26.0. The van der Waals surface area contributed by atoms with E-state index in [1.807, 2.05) is 19.9 Å². The normalized spacial score (nSPS) is 13.5. The van der Waals surface area contributed by atoms with Gasteiger partial charge < -0.3 is 10.1 Å². The van der Waals surface area contributed by atoms with Crippen LogP contribution in [0, 0.1) is 6.92 Å². The van der Waals surface area contributed by atoms with Crippen LogP contribution in [0.15, 0.2) is 36.4 Å². The Labute approximate surface area is 197 Å². The molecule has 0 aliphatic carbocycles. The summed E-state index contributed by atoms with van der Waals surface area (Å²) < 4.78 is 31.9. The van der Waals surface area contributed by atoms with Gasteiger partial charge in [-0.15, -0.1) is 0 Å². The zero-order valence-corrected chi connectivity index (χ0v) is 21.3. The third kappa shape index (κ3) is 5.95. The maximum atomic E-state index is 13.3. The predicted molar refractivity (Wildman–Crippen MR) is 131 cm³/mol. The van der Waals surface area contributed by atoms with Gasteiger partial charge in [0.25, 0.3) is 0 Å². The van der Waals surface area contributed by atoms with Crippen LogP contribution in [-0.2, 0) is 14.8 Å². The van der Waals surface area contributed by atoms with Crippen LogP contribution in [0.1, 0.15) is 62.8 Å². The average Bonchev–Trinajstić information content (AvgIpc) is 2.69. The number of methoxy groups -OCH3 is 1. The van der Waals surface area contributed by atoms with Crippen molar-refractivity contribution in [2.24, 2.45) is 0 Å². The van der Waals surface area contributed by atoms with Crippen molar-refractivity contribution < 1.29 is 17.9 Å². The van der Waals surface area contributed by atoms with Gasteiger partial charge in [-0.2, -0.15) is 0 Å². The van der Waals surface area contributed by atoms with E-state index in [4.69, 9.17) is 16.3 Å². The van der Waals surface area contributed by atoms with Gasteiger partial charge in [-0.05, 0) is 73.2 Å². The topological polar surface area (TPSA) is 75.7 Å². The molecule has 32 heavy (non-hydrogen) atoms. The van der Waals surface area contributed by atoms with E-state index in [1.54, 1.807) is 38.3 Å². The second kappa shape index (κ2) is 10.6. The highest BCUT2D eigenvalue weighted by molar-refractivity contribution is 7.92. The Morgan fingerprint density at radius 3 is 2.31 bits per heavy atom. The van der Waals surface area contributed by atoms with Crippen molar-refractivity contribution >= 4 is 33.2 Å². The number of ether oxygens (including phenoxy) is 1. The first-order valence-corrected chi connectivity index (χ1v) is 12.9. The molecule has 2 aromatic rings. The molecule has 0 heterocycles. The summed E-state index contributed by atoms with van der Waals surface area (Å²) in [6.07, 6.45) is 1.40. The molecule has 1 amide bonds. The van der Waals surface area contributed by atoms with E-state index < -0.39 is 16.1 Å². The van der Waals surface area contributed by atoms with Crippen molar-refractivity contribution in [2.45, 2.75) is 59.0 Å².